The molecule has 8 heteroatoms. The first-order chi connectivity index (χ1) is 13.7. The molecule has 142 valence electrons. The molecule has 7 nitrogen and oxygen atoms in total. The Morgan fingerprint density at radius 1 is 1.14 bits per heavy atom. The average molecular weight is 393 g/mol. The monoisotopic (exact) mass is 393 g/mol. The van der Waals surface area contributed by atoms with Crippen LogP contribution in [0.2, 0.25) is 0 Å². The molecule has 5 rings (SSSR count). The van der Waals surface area contributed by atoms with Gasteiger partial charge in [-0.05, 0) is 42.5 Å². The van der Waals surface area contributed by atoms with E-state index in [1.807, 2.05) is 35.9 Å². The fourth-order valence-corrected chi connectivity index (χ4v) is 4.20. The summed E-state index contributed by atoms with van der Waals surface area (Å²) in [5, 5.41) is 6.65. The van der Waals surface area contributed by atoms with Crippen LogP contribution in [0.4, 0.5) is 5.82 Å². The van der Waals surface area contributed by atoms with E-state index < -0.39 is 0 Å². The third-order valence-electron chi connectivity index (χ3n) is 4.71. The van der Waals surface area contributed by atoms with Gasteiger partial charge in [-0.3, -0.25) is 4.57 Å². The van der Waals surface area contributed by atoms with E-state index in [4.69, 9.17) is 19.4 Å². The zero-order chi connectivity index (χ0) is 19.1. The van der Waals surface area contributed by atoms with Gasteiger partial charge in [-0.25, -0.2) is 9.97 Å². The second kappa shape index (κ2) is 6.79. The molecular weight excluding hydrogens is 374 g/mol. The lowest BCUT2D eigenvalue weighted by molar-refractivity contribution is 0.171. The van der Waals surface area contributed by atoms with E-state index in [9.17, 15) is 0 Å². The minimum atomic E-state index is 0.581. The number of fused-ring (bicyclic) bond motifs is 2. The molecule has 1 aliphatic rings. The highest BCUT2D eigenvalue weighted by Gasteiger charge is 2.15. The quantitative estimate of drug-likeness (QED) is 0.567. The van der Waals surface area contributed by atoms with E-state index in [1.165, 1.54) is 5.56 Å². The highest BCUT2D eigenvalue weighted by molar-refractivity contribution is 7.17. The van der Waals surface area contributed by atoms with E-state index in [2.05, 4.69) is 22.6 Å². The molecule has 0 saturated carbocycles. The molecule has 0 amide bonds. The minimum Gasteiger partial charge on any atom is -0.486 e. The summed E-state index contributed by atoms with van der Waals surface area (Å²) in [6.45, 7) is 5.82. The summed E-state index contributed by atoms with van der Waals surface area (Å²) < 4.78 is 13.2. The third kappa shape index (κ3) is 2.95. The SMILES string of the molecule is Cc1csc2nc(-n3ccnc3C)nc(NCc3ccc4c(c3)OCCO4)c12. The Hall–Kier alpha value is -3.13. The molecular formula is C20H19N5O2S. The number of aryl methyl sites for hydroxylation is 2. The van der Waals surface area contributed by atoms with Crippen LogP contribution in [0.15, 0.2) is 36.0 Å². The van der Waals surface area contributed by atoms with Gasteiger partial charge < -0.3 is 14.8 Å². The van der Waals surface area contributed by atoms with Gasteiger partial charge in [0.25, 0.3) is 0 Å². The molecule has 0 atom stereocenters. The van der Waals surface area contributed by atoms with Gasteiger partial charge >= 0.3 is 0 Å². The predicted molar refractivity (Wildman–Crippen MR) is 109 cm³/mol. The van der Waals surface area contributed by atoms with E-state index >= 15 is 0 Å². The molecule has 0 saturated heterocycles. The zero-order valence-electron chi connectivity index (χ0n) is 15.6. The Kier molecular flexibility index (Phi) is 4.12. The predicted octanol–water partition coefficient (Wildman–Crippen LogP) is 3.88. The number of rotatable bonds is 4. The maximum atomic E-state index is 5.69. The fraction of sp³-hybridized carbons (Fsp3) is 0.250. The maximum absolute atomic E-state index is 5.69. The van der Waals surface area contributed by atoms with Crippen molar-refractivity contribution in [2.24, 2.45) is 0 Å². The minimum absolute atomic E-state index is 0.581. The van der Waals surface area contributed by atoms with Gasteiger partial charge in [0.2, 0.25) is 5.95 Å². The number of hydrogen-bond acceptors (Lipinski definition) is 7. The molecule has 0 bridgehead atoms. The molecule has 28 heavy (non-hydrogen) atoms. The van der Waals surface area contributed by atoms with Crippen molar-refractivity contribution in [3.8, 4) is 17.4 Å². The van der Waals surface area contributed by atoms with Crippen LogP contribution in [0, 0.1) is 13.8 Å². The Labute approximate surface area is 166 Å². The Morgan fingerprint density at radius 2 is 2.00 bits per heavy atom. The number of aromatic nitrogens is 4. The van der Waals surface area contributed by atoms with E-state index in [0.29, 0.717) is 25.7 Å². The average Bonchev–Trinajstić information content (AvgIpc) is 3.31. The van der Waals surface area contributed by atoms with Crippen molar-refractivity contribution in [3.63, 3.8) is 0 Å². The second-order valence-corrected chi connectivity index (χ2v) is 7.51. The first-order valence-corrected chi connectivity index (χ1v) is 9.95. The molecule has 1 aliphatic heterocycles. The largest absolute Gasteiger partial charge is 0.486 e. The number of imidazole rings is 1. The molecule has 0 fully saturated rings. The van der Waals surface area contributed by atoms with Gasteiger partial charge in [0.1, 0.15) is 29.7 Å². The number of hydrogen-bond donors (Lipinski definition) is 1. The highest BCUT2D eigenvalue weighted by Crippen LogP contribution is 2.33. The molecule has 0 unspecified atom stereocenters. The third-order valence-corrected chi connectivity index (χ3v) is 5.70. The van der Waals surface area contributed by atoms with Crippen molar-refractivity contribution >= 4 is 27.4 Å². The van der Waals surface area contributed by atoms with Crippen molar-refractivity contribution < 1.29 is 9.47 Å². The van der Waals surface area contributed by atoms with Crippen LogP contribution in [0.3, 0.4) is 0 Å². The molecule has 0 radical (unpaired) electrons. The van der Waals surface area contributed by atoms with Crippen LogP contribution >= 0.6 is 11.3 Å². The fourth-order valence-electron chi connectivity index (χ4n) is 3.28. The van der Waals surface area contributed by atoms with Crippen LogP contribution in [-0.2, 0) is 6.54 Å². The van der Waals surface area contributed by atoms with E-state index in [-0.39, 0.29) is 0 Å². The highest BCUT2D eigenvalue weighted by atomic mass is 32.1. The maximum Gasteiger partial charge on any atom is 0.238 e. The number of benzene rings is 1. The van der Waals surface area contributed by atoms with Crippen LogP contribution in [0.5, 0.6) is 11.5 Å². The van der Waals surface area contributed by atoms with Crippen LogP contribution < -0.4 is 14.8 Å². The summed E-state index contributed by atoms with van der Waals surface area (Å²) in [6.07, 6.45) is 3.63. The van der Waals surface area contributed by atoms with Crippen molar-refractivity contribution in [1.82, 2.24) is 19.5 Å². The van der Waals surface area contributed by atoms with Crippen LogP contribution in [-0.4, -0.2) is 32.7 Å². The molecule has 1 N–H and O–H groups in total. The summed E-state index contributed by atoms with van der Waals surface area (Å²) >= 11 is 1.62. The molecule has 1 aromatic carbocycles. The van der Waals surface area contributed by atoms with Crippen molar-refractivity contribution in [3.05, 3.63) is 52.9 Å². The standard InChI is InChI=1S/C20H19N5O2S/c1-12-11-28-19-17(12)18(23-20(24-19)25-6-5-21-13(25)2)22-10-14-3-4-15-16(9-14)27-8-7-26-15/h3-6,9,11H,7-8,10H2,1-2H3,(H,22,23,24). The summed E-state index contributed by atoms with van der Waals surface area (Å²) in [6, 6.07) is 6.01. The van der Waals surface area contributed by atoms with E-state index in [1.54, 1.807) is 17.5 Å². The van der Waals surface area contributed by atoms with Crippen molar-refractivity contribution in [2.75, 3.05) is 18.5 Å². The lowest BCUT2D eigenvalue weighted by atomic mass is 10.2. The Balaban J connectivity index is 1.49. The van der Waals surface area contributed by atoms with Crippen LogP contribution in [0.1, 0.15) is 17.0 Å². The normalized spacial score (nSPS) is 13.1. The first-order valence-electron chi connectivity index (χ1n) is 9.07. The van der Waals surface area contributed by atoms with Crippen molar-refractivity contribution in [1.29, 1.82) is 0 Å². The number of anilines is 1. The first kappa shape index (κ1) is 17.0. The zero-order valence-corrected chi connectivity index (χ0v) is 16.4. The van der Waals surface area contributed by atoms with Gasteiger partial charge in [0.05, 0.1) is 5.39 Å². The number of ether oxygens (including phenoxy) is 2. The summed E-state index contributed by atoms with van der Waals surface area (Å²) in [7, 11) is 0. The van der Waals surface area contributed by atoms with Crippen molar-refractivity contribution in [2.45, 2.75) is 20.4 Å². The number of nitrogens with one attached hydrogen (secondary N) is 1. The summed E-state index contributed by atoms with van der Waals surface area (Å²) in [4.78, 5) is 14.8. The van der Waals surface area contributed by atoms with Gasteiger partial charge in [0.15, 0.2) is 11.5 Å². The second-order valence-electron chi connectivity index (χ2n) is 6.65. The Morgan fingerprint density at radius 3 is 2.82 bits per heavy atom. The van der Waals surface area contributed by atoms with Gasteiger partial charge in [-0.1, -0.05) is 6.07 Å². The molecule has 4 aromatic rings. The van der Waals surface area contributed by atoms with Gasteiger partial charge in [-0.15, -0.1) is 11.3 Å². The molecule has 0 aliphatic carbocycles. The smallest absolute Gasteiger partial charge is 0.238 e. The number of thiophene rings is 1. The molecule has 3 aromatic heterocycles. The lowest BCUT2D eigenvalue weighted by Gasteiger charge is -2.19. The molecule has 4 heterocycles. The lowest BCUT2D eigenvalue weighted by Crippen LogP contribution is -2.15. The summed E-state index contributed by atoms with van der Waals surface area (Å²) in [5.74, 6) is 3.88. The number of nitrogens with zero attached hydrogens (tertiary/aromatic N) is 4. The summed E-state index contributed by atoms with van der Waals surface area (Å²) in [5.41, 5.74) is 2.27. The van der Waals surface area contributed by atoms with E-state index in [0.717, 1.165) is 38.9 Å². The van der Waals surface area contributed by atoms with Gasteiger partial charge in [0, 0.05) is 18.9 Å². The van der Waals surface area contributed by atoms with Gasteiger partial charge in [-0.2, -0.15) is 4.98 Å². The Bertz CT molecular complexity index is 1170. The topological polar surface area (TPSA) is 74.1 Å². The molecule has 0 spiro atoms. The van der Waals surface area contributed by atoms with Crippen LogP contribution in [0.25, 0.3) is 16.2 Å².